The van der Waals surface area contributed by atoms with E-state index >= 15 is 0 Å². The standard InChI is InChI=1S/C37H76NO7/c1-5-7-9-11-13-15-17-18-20-22-24-26-28-44-37-36(42)35(41)34(40)33(45-37)31-43-30-32(39)29-38(3,4)27-25-23-21-19-16-14-12-10-8-6-2/h32-37,39-42H,5-31H2,1-4H3/q+1/t32?,33-,34-,35+,36-,37-/m1/s1. The average molecular weight is 647 g/mol. The molecule has 0 bridgehead atoms. The van der Waals surface area contributed by atoms with E-state index in [-0.39, 0.29) is 13.2 Å². The Labute approximate surface area is 277 Å². The molecule has 1 aliphatic rings. The Hall–Kier alpha value is -0.320. The SMILES string of the molecule is CCCCCCCCCCCCCCO[C@@H]1O[C@H](COCC(O)C[N+](C)(C)CCCCCCCCCCCC)[C@@H](O)[C@H](O)[C@H]1O. The van der Waals surface area contributed by atoms with Crippen molar-refractivity contribution in [3.05, 3.63) is 0 Å². The van der Waals surface area contributed by atoms with Crippen molar-refractivity contribution in [2.24, 2.45) is 0 Å². The monoisotopic (exact) mass is 647 g/mol. The summed E-state index contributed by atoms with van der Waals surface area (Å²) < 4.78 is 18.0. The molecule has 1 saturated heterocycles. The zero-order valence-electron chi connectivity index (χ0n) is 30.0. The molecular formula is C37H76NO7+. The number of aliphatic hydroxyl groups excluding tert-OH is 4. The van der Waals surface area contributed by atoms with Gasteiger partial charge in [0.1, 0.15) is 37.1 Å². The van der Waals surface area contributed by atoms with E-state index in [2.05, 4.69) is 27.9 Å². The summed E-state index contributed by atoms with van der Waals surface area (Å²) in [5.41, 5.74) is 0. The molecule has 0 aromatic heterocycles. The summed E-state index contributed by atoms with van der Waals surface area (Å²) in [6, 6.07) is 0. The topological polar surface area (TPSA) is 109 Å². The van der Waals surface area contributed by atoms with Crippen LogP contribution in [0.1, 0.15) is 155 Å². The van der Waals surface area contributed by atoms with Crippen molar-refractivity contribution in [3.8, 4) is 0 Å². The number of hydrogen-bond donors (Lipinski definition) is 4. The number of nitrogens with zero attached hydrogens (tertiary/aromatic N) is 1. The van der Waals surface area contributed by atoms with E-state index in [9.17, 15) is 20.4 Å². The lowest BCUT2D eigenvalue weighted by Gasteiger charge is -2.40. The van der Waals surface area contributed by atoms with Gasteiger partial charge in [0.2, 0.25) is 0 Å². The lowest BCUT2D eigenvalue weighted by Crippen LogP contribution is -2.59. The van der Waals surface area contributed by atoms with Crippen LogP contribution in [0.25, 0.3) is 0 Å². The van der Waals surface area contributed by atoms with E-state index < -0.39 is 36.8 Å². The van der Waals surface area contributed by atoms with Gasteiger partial charge in [-0.05, 0) is 19.3 Å². The molecule has 0 spiro atoms. The van der Waals surface area contributed by atoms with E-state index in [1.165, 1.54) is 122 Å². The molecule has 0 aromatic rings. The van der Waals surface area contributed by atoms with E-state index in [0.717, 1.165) is 30.3 Å². The van der Waals surface area contributed by atoms with Crippen LogP contribution in [0.5, 0.6) is 0 Å². The summed E-state index contributed by atoms with van der Waals surface area (Å²) in [6.45, 7) is 6.66. The number of ether oxygens (including phenoxy) is 3. The molecule has 270 valence electrons. The number of rotatable bonds is 31. The maximum atomic E-state index is 10.6. The molecule has 8 heteroatoms. The number of likely N-dealkylation sites (N-methyl/N-ethyl adjacent to an activating group) is 1. The van der Waals surface area contributed by atoms with Gasteiger partial charge in [-0.25, -0.2) is 0 Å². The summed E-state index contributed by atoms with van der Waals surface area (Å²) in [7, 11) is 4.28. The second kappa shape index (κ2) is 27.6. The summed E-state index contributed by atoms with van der Waals surface area (Å²) in [4.78, 5) is 0. The molecule has 1 aliphatic heterocycles. The number of aliphatic hydroxyl groups is 4. The van der Waals surface area contributed by atoms with Gasteiger partial charge in [-0.15, -0.1) is 0 Å². The van der Waals surface area contributed by atoms with Gasteiger partial charge in [-0.3, -0.25) is 0 Å². The molecule has 0 aromatic carbocycles. The number of hydrogen-bond acceptors (Lipinski definition) is 7. The lowest BCUT2D eigenvalue weighted by atomic mass is 9.99. The molecule has 8 nitrogen and oxygen atoms in total. The van der Waals surface area contributed by atoms with Crippen molar-refractivity contribution in [1.29, 1.82) is 0 Å². The third kappa shape index (κ3) is 22.0. The van der Waals surface area contributed by atoms with Gasteiger partial charge in [-0.2, -0.15) is 0 Å². The molecule has 0 saturated carbocycles. The van der Waals surface area contributed by atoms with Crippen LogP contribution in [0.4, 0.5) is 0 Å². The number of quaternary nitrogens is 1. The van der Waals surface area contributed by atoms with Crippen molar-refractivity contribution in [2.45, 2.75) is 192 Å². The smallest absolute Gasteiger partial charge is 0.186 e. The molecule has 1 unspecified atom stereocenters. The molecule has 4 N–H and O–H groups in total. The first kappa shape index (κ1) is 42.7. The highest BCUT2D eigenvalue weighted by Crippen LogP contribution is 2.23. The molecule has 1 rings (SSSR count). The van der Waals surface area contributed by atoms with Gasteiger partial charge in [0.15, 0.2) is 6.29 Å². The molecule has 45 heavy (non-hydrogen) atoms. The predicted octanol–water partition coefficient (Wildman–Crippen LogP) is 6.89. The highest BCUT2D eigenvalue weighted by Gasteiger charge is 2.44. The maximum absolute atomic E-state index is 10.6. The molecule has 0 aliphatic carbocycles. The zero-order chi connectivity index (χ0) is 33.2. The highest BCUT2D eigenvalue weighted by atomic mass is 16.7. The van der Waals surface area contributed by atoms with E-state index in [1.807, 2.05) is 0 Å². The number of unbranched alkanes of at least 4 members (excludes halogenated alkanes) is 20. The van der Waals surface area contributed by atoms with Gasteiger partial charge < -0.3 is 39.1 Å². The molecule has 0 amide bonds. The molecular weight excluding hydrogens is 570 g/mol. The van der Waals surface area contributed by atoms with Crippen molar-refractivity contribution in [1.82, 2.24) is 0 Å². The van der Waals surface area contributed by atoms with Crippen molar-refractivity contribution in [2.75, 3.05) is 47.0 Å². The Morgan fingerprint density at radius 2 is 1.04 bits per heavy atom. The second-order valence-corrected chi connectivity index (χ2v) is 14.5. The fourth-order valence-electron chi connectivity index (χ4n) is 6.40. The van der Waals surface area contributed by atoms with Crippen LogP contribution in [-0.4, -0.2) is 109 Å². The highest BCUT2D eigenvalue weighted by molar-refractivity contribution is 4.89. The van der Waals surface area contributed by atoms with Gasteiger partial charge in [-0.1, -0.05) is 136 Å². The minimum absolute atomic E-state index is 0.00629. The van der Waals surface area contributed by atoms with E-state index in [0.29, 0.717) is 13.2 Å². The van der Waals surface area contributed by atoms with Crippen LogP contribution < -0.4 is 0 Å². The maximum Gasteiger partial charge on any atom is 0.186 e. The Morgan fingerprint density at radius 3 is 1.53 bits per heavy atom. The van der Waals surface area contributed by atoms with Crippen molar-refractivity contribution < 1.29 is 39.1 Å². The quantitative estimate of drug-likeness (QED) is 0.0480. The van der Waals surface area contributed by atoms with E-state index in [1.54, 1.807) is 0 Å². The summed E-state index contributed by atoms with van der Waals surface area (Å²) in [5, 5.41) is 41.8. The summed E-state index contributed by atoms with van der Waals surface area (Å²) >= 11 is 0. The van der Waals surface area contributed by atoms with Crippen LogP contribution in [0.15, 0.2) is 0 Å². The largest absolute Gasteiger partial charge is 0.387 e. The van der Waals surface area contributed by atoms with Crippen LogP contribution >= 0.6 is 0 Å². The third-order valence-electron chi connectivity index (χ3n) is 9.36. The van der Waals surface area contributed by atoms with Gasteiger partial charge in [0.25, 0.3) is 0 Å². The molecule has 6 atom stereocenters. The first-order valence-corrected chi connectivity index (χ1v) is 19.1. The molecule has 1 heterocycles. The lowest BCUT2D eigenvalue weighted by molar-refractivity contribution is -0.893. The van der Waals surface area contributed by atoms with Gasteiger partial charge >= 0.3 is 0 Å². The zero-order valence-corrected chi connectivity index (χ0v) is 30.0. The molecule has 0 radical (unpaired) electrons. The fraction of sp³-hybridized carbons (Fsp3) is 1.00. The van der Waals surface area contributed by atoms with Crippen molar-refractivity contribution >= 4 is 0 Å². The second-order valence-electron chi connectivity index (χ2n) is 14.5. The van der Waals surface area contributed by atoms with Gasteiger partial charge in [0.05, 0.1) is 33.9 Å². The Bertz CT molecular complexity index is 652. The molecule has 1 fully saturated rings. The summed E-state index contributed by atoms with van der Waals surface area (Å²) in [6.07, 6.45) is 21.7. The predicted molar refractivity (Wildman–Crippen MR) is 184 cm³/mol. The first-order chi connectivity index (χ1) is 21.7. The van der Waals surface area contributed by atoms with Gasteiger partial charge in [0, 0.05) is 6.61 Å². The third-order valence-corrected chi connectivity index (χ3v) is 9.36. The van der Waals surface area contributed by atoms with Crippen LogP contribution in [0.2, 0.25) is 0 Å². The summed E-state index contributed by atoms with van der Waals surface area (Å²) in [5.74, 6) is 0. The minimum atomic E-state index is -1.37. The average Bonchev–Trinajstić information content (AvgIpc) is 3.00. The Morgan fingerprint density at radius 1 is 0.600 bits per heavy atom. The van der Waals surface area contributed by atoms with Crippen LogP contribution in [0.3, 0.4) is 0 Å². The Kier molecular flexibility index (Phi) is 26.2. The first-order valence-electron chi connectivity index (χ1n) is 19.1. The van der Waals surface area contributed by atoms with E-state index in [4.69, 9.17) is 14.2 Å². The normalized spacial score (nSPS) is 23.1. The minimum Gasteiger partial charge on any atom is -0.387 e. The Balaban J connectivity index is 2.17. The van der Waals surface area contributed by atoms with Crippen LogP contribution in [-0.2, 0) is 14.2 Å². The van der Waals surface area contributed by atoms with Crippen LogP contribution in [0, 0.1) is 0 Å². The fourth-order valence-corrected chi connectivity index (χ4v) is 6.40. The van der Waals surface area contributed by atoms with Crippen molar-refractivity contribution in [3.63, 3.8) is 0 Å².